The van der Waals surface area contributed by atoms with Crippen LogP contribution in [0.5, 0.6) is 0 Å². The van der Waals surface area contributed by atoms with E-state index in [1.807, 2.05) is 18.7 Å². The highest BCUT2D eigenvalue weighted by Gasteiger charge is 2.20. The van der Waals surface area contributed by atoms with Gasteiger partial charge in [-0.2, -0.15) is 0 Å². The van der Waals surface area contributed by atoms with Crippen molar-refractivity contribution in [3.63, 3.8) is 0 Å². The summed E-state index contributed by atoms with van der Waals surface area (Å²) in [4.78, 5) is 19.0. The Morgan fingerprint density at radius 2 is 1.54 bits per heavy atom. The summed E-state index contributed by atoms with van der Waals surface area (Å²) in [6, 6.07) is 0.658. The van der Waals surface area contributed by atoms with Crippen LogP contribution in [0.4, 0.5) is 0 Å². The van der Waals surface area contributed by atoms with E-state index in [-0.39, 0.29) is 12.5 Å². The van der Waals surface area contributed by atoms with E-state index in [2.05, 4.69) is 30.6 Å². The molecule has 0 aromatic heterocycles. The molecule has 0 radical (unpaired) electrons. The first kappa shape index (κ1) is 25.3. The molecule has 2 heterocycles. The number of rotatable bonds is 10. The third kappa shape index (κ3) is 10.2. The fourth-order valence-electron chi connectivity index (χ4n) is 3.62. The van der Waals surface area contributed by atoms with Crippen LogP contribution < -0.4 is 0 Å². The number of ether oxygens (including phenoxy) is 2. The molecule has 6 heteroatoms. The second kappa shape index (κ2) is 15.2. The molecule has 0 saturated carbocycles. The number of carbonyl (C=O) groups is 1. The maximum absolute atomic E-state index is 12.0. The molecule has 0 aliphatic carbocycles. The van der Waals surface area contributed by atoms with Crippen LogP contribution in [0.15, 0.2) is 0 Å². The van der Waals surface area contributed by atoms with E-state index in [1.54, 1.807) is 0 Å². The Bertz CT molecular complexity index is 390. The Labute approximate surface area is 173 Å². The molecule has 166 valence electrons. The smallest absolute Gasteiger partial charge is 0.248 e. The largest absolute Gasteiger partial charge is 0.379 e. The molecule has 0 atom stereocenters. The molecular formula is C22H45N3O3. The van der Waals surface area contributed by atoms with E-state index in [1.165, 1.54) is 26.2 Å². The quantitative estimate of drug-likeness (QED) is 0.529. The zero-order valence-corrected chi connectivity index (χ0v) is 19.1. The molecule has 6 nitrogen and oxygen atoms in total. The van der Waals surface area contributed by atoms with Gasteiger partial charge in [-0.25, -0.2) is 0 Å². The number of piperazine rings is 1. The van der Waals surface area contributed by atoms with E-state index in [0.717, 1.165) is 51.4 Å². The predicted molar refractivity (Wildman–Crippen MR) is 116 cm³/mol. The molecule has 0 aromatic carbocycles. The predicted octanol–water partition coefficient (Wildman–Crippen LogP) is 2.72. The number of hydrogen-bond donors (Lipinski definition) is 0. The van der Waals surface area contributed by atoms with E-state index in [4.69, 9.17) is 9.47 Å². The summed E-state index contributed by atoms with van der Waals surface area (Å²) in [5.41, 5.74) is 0. The number of likely N-dealkylation sites (tertiary alicyclic amines) is 1. The lowest BCUT2D eigenvalue weighted by atomic mass is 9.99. The third-order valence-electron chi connectivity index (χ3n) is 5.63. The van der Waals surface area contributed by atoms with Crippen molar-refractivity contribution in [3.8, 4) is 0 Å². The SMILES string of the molecule is CC.CC1CCN(C(=O)COCCOCCCN2CCN(C(C)C)CC2)CC1. The highest BCUT2D eigenvalue weighted by molar-refractivity contribution is 5.77. The topological polar surface area (TPSA) is 45.3 Å². The molecule has 0 unspecified atom stereocenters. The number of nitrogens with zero attached hydrogens (tertiary/aromatic N) is 3. The van der Waals surface area contributed by atoms with Crippen molar-refractivity contribution in [2.24, 2.45) is 5.92 Å². The van der Waals surface area contributed by atoms with Gasteiger partial charge < -0.3 is 19.3 Å². The standard InChI is InChI=1S/C20H39N3O3.C2H6/c1-18(2)22-12-10-21(11-13-22)7-4-14-25-15-16-26-17-20(24)23-8-5-19(3)6-9-23;1-2/h18-19H,4-17H2,1-3H3;1-2H3. The Kier molecular flexibility index (Phi) is 13.8. The van der Waals surface area contributed by atoms with Crippen molar-refractivity contribution in [2.45, 2.75) is 59.9 Å². The van der Waals surface area contributed by atoms with E-state index < -0.39 is 0 Å². The first-order valence-electron chi connectivity index (χ1n) is 11.5. The minimum absolute atomic E-state index is 0.123. The maximum atomic E-state index is 12.0. The van der Waals surface area contributed by atoms with Crippen LogP contribution in [0, 0.1) is 5.92 Å². The number of hydrogen-bond acceptors (Lipinski definition) is 5. The third-order valence-corrected chi connectivity index (χ3v) is 5.63. The summed E-state index contributed by atoms with van der Waals surface area (Å²) in [5.74, 6) is 0.866. The minimum atomic E-state index is 0.123. The average molecular weight is 400 g/mol. The summed E-state index contributed by atoms with van der Waals surface area (Å²) >= 11 is 0. The Balaban J connectivity index is 0.00000190. The van der Waals surface area contributed by atoms with Crippen LogP contribution in [0.2, 0.25) is 0 Å². The van der Waals surface area contributed by atoms with Gasteiger partial charge in [-0.3, -0.25) is 9.69 Å². The van der Waals surface area contributed by atoms with Crippen molar-refractivity contribution in [1.82, 2.24) is 14.7 Å². The van der Waals surface area contributed by atoms with Gasteiger partial charge in [0.15, 0.2) is 0 Å². The first-order chi connectivity index (χ1) is 13.6. The van der Waals surface area contributed by atoms with Crippen molar-refractivity contribution in [3.05, 3.63) is 0 Å². The monoisotopic (exact) mass is 399 g/mol. The second-order valence-corrected chi connectivity index (χ2v) is 8.05. The highest BCUT2D eigenvalue weighted by atomic mass is 16.5. The summed E-state index contributed by atoms with van der Waals surface area (Å²) in [7, 11) is 0. The molecule has 1 amide bonds. The Morgan fingerprint density at radius 3 is 2.14 bits per heavy atom. The Hall–Kier alpha value is -0.690. The molecule has 2 saturated heterocycles. The molecule has 28 heavy (non-hydrogen) atoms. The molecule has 2 fully saturated rings. The summed E-state index contributed by atoms with van der Waals surface area (Å²) in [6.07, 6.45) is 3.29. The lowest BCUT2D eigenvalue weighted by molar-refractivity contribution is -0.138. The van der Waals surface area contributed by atoms with Crippen LogP contribution in [0.25, 0.3) is 0 Å². The van der Waals surface area contributed by atoms with E-state index in [9.17, 15) is 4.79 Å². The van der Waals surface area contributed by atoms with E-state index >= 15 is 0 Å². The molecule has 2 rings (SSSR count). The minimum Gasteiger partial charge on any atom is -0.379 e. The number of amides is 1. The molecule has 0 aromatic rings. The zero-order valence-electron chi connectivity index (χ0n) is 19.1. The molecule has 0 bridgehead atoms. The lowest BCUT2D eigenvalue weighted by Crippen LogP contribution is -2.49. The van der Waals surface area contributed by atoms with Crippen molar-refractivity contribution < 1.29 is 14.3 Å². The summed E-state index contributed by atoms with van der Waals surface area (Å²) in [5, 5.41) is 0. The van der Waals surface area contributed by atoms with Gasteiger partial charge in [-0.1, -0.05) is 20.8 Å². The average Bonchev–Trinajstić information content (AvgIpc) is 2.72. The zero-order chi connectivity index (χ0) is 20.8. The van der Waals surface area contributed by atoms with Gasteiger partial charge >= 0.3 is 0 Å². The molecule has 2 aliphatic heterocycles. The fourth-order valence-corrected chi connectivity index (χ4v) is 3.62. The molecular weight excluding hydrogens is 354 g/mol. The number of piperidine rings is 1. The van der Waals surface area contributed by atoms with Gasteiger partial charge in [0.1, 0.15) is 6.61 Å². The van der Waals surface area contributed by atoms with Gasteiger partial charge in [0, 0.05) is 58.5 Å². The summed E-state index contributed by atoms with van der Waals surface area (Å²) < 4.78 is 11.1. The highest BCUT2D eigenvalue weighted by Crippen LogP contribution is 2.15. The van der Waals surface area contributed by atoms with Crippen LogP contribution in [0.1, 0.15) is 53.9 Å². The van der Waals surface area contributed by atoms with Gasteiger partial charge in [0.05, 0.1) is 13.2 Å². The van der Waals surface area contributed by atoms with Gasteiger partial charge in [-0.05, 0) is 39.0 Å². The lowest BCUT2D eigenvalue weighted by Gasteiger charge is -2.36. The van der Waals surface area contributed by atoms with E-state index in [0.29, 0.717) is 19.3 Å². The Morgan fingerprint density at radius 1 is 0.929 bits per heavy atom. The fraction of sp³-hybridized carbons (Fsp3) is 0.955. The summed E-state index contributed by atoms with van der Waals surface area (Å²) in [6.45, 7) is 20.4. The van der Waals surface area contributed by atoms with Crippen molar-refractivity contribution in [1.29, 1.82) is 0 Å². The van der Waals surface area contributed by atoms with Crippen LogP contribution in [-0.4, -0.2) is 98.9 Å². The molecule has 0 spiro atoms. The number of carbonyl (C=O) groups excluding carboxylic acids is 1. The van der Waals surface area contributed by atoms with Crippen LogP contribution in [0.3, 0.4) is 0 Å². The van der Waals surface area contributed by atoms with Crippen molar-refractivity contribution in [2.75, 3.05) is 72.2 Å². The molecule has 2 aliphatic rings. The van der Waals surface area contributed by atoms with Crippen LogP contribution >= 0.6 is 0 Å². The van der Waals surface area contributed by atoms with Gasteiger partial charge in [0.2, 0.25) is 5.91 Å². The van der Waals surface area contributed by atoms with Gasteiger partial charge in [0.25, 0.3) is 0 Å². The second-order valence-electron chi connectivity index (χ2n) is 8.05. The molecule has 0 N–H and O–H groups in total. The van der Waals surface area contributed by atoms with Gasteiger partial charge in [-0.15, -0.1) is 0 Å². The maximum Gasteiger partial charge on any atom is 0.248 e. The first-order valence-corrected chi connectivity index (χ1v) is 11.5. The normalized spacial score (nSPS) is 19.6. The van der Waals surface area contributed by atoms with Crippen molar-refractivity contribution >= 4 is 5.91 Å². The van der Waals surface area contributed by atoms with Crippen LogP contribution in [-0.2, 0) is 14.3 Å².